The van der Waals surface area contributed by atoms with Gasteiger partial charge in [0, 0.05) is 56.3 Å². The Balaban J connectivity index is 1.34. The monoisotopic (exact) mass is 447 g/mol. The largest absolute Gasteiger partial charge is 0.477 e. The fraction of sp³-hybridized carbons (Fsp3) is 0.273. The summed E-state index contributed by atoms with van der Waals surface area (Å²) < 4.78 is 6.29. The number of aromatic carboxylic acids is 1. The average molecular weight is 447 g/mol. The van der Waals surface area contributed by atoms with E-state index in [2.05, 4.69) is 25.5 Å². The second-order valence-electron chi connectivity index (χ2n) is 7.96. The number of fused-ring (bicyclic) bond motifs is 1. The summed E-state index contributed by atoms with van der Waals surface area (Å²) in [6.45, 7) is 2.74. The summed E-state index contributed by atoms with van der Waals surface area (Å²) in [7, 11) is 1.50. The lowest BCUT2D eigenvalue weighted by atomic mass is 10.1. The maximum absolute atomic E-state index is 12.8. The molecule has 3 aromatic heterocycles. The van der Waals surface area contributed by atoms with E-state index in [1.54, 1.807) is 18.0 Å². The Morgan fingerprint density at radius 3 is 2.82 bits per heavy atom. The minimum absolute atomic E-state index is 0.00853. The smallest absolute Gasteiger partial charge is 0.354 e. The first kappa shape index (κ1) is 20.6. The molecule has 1 fully saturated rings. The first-order valence-corrected chi connectivity index (χ1v) is 10.4. The summed E-state index contributed by atoms with van der Waals surface area (Å²) in [5.41, 5.74) is 0.918. The first-order valence-electron chi connectivity index (χ1n) is 10.4. The second kappa shape index (κ2) is 8.01. The van der Waals surface area contributed by atoms with Crippen molar-refractivity contribution in [1.82, 2.24) is 29.8 Å². The Morgan fingerprint density at radius 1 is 1.24 bits per heavy atom. The minimum Gasteiger partial charge on any atom is -0.477 e. The van der Waals surface area contributed by atoms with Gasteiger partial charge in [-0.25, -0.2) is 9.78 Å². The molecule has 2 N–H and O–H groups in total. The number of anilines is 1. The molecule has 11 heteroatoms. The zero-order chi connectivity index (χ0) is 23.1. The summed E-state index contributed by atoms with van der Waals surface area (Å²) in [6, 6.07) is 9.11. The van der Waals surface area contributed by atoms with Crippen molar-refractivity contribution < 1.29 is 19.2 Å². The van der Waals surface area contributed by atoms with Gasteiger partial charge in [0.15, 0.2) is 5.69 Å². The molecule has 1 aliphatic rings. The summed E-state index contributed by atoms with van der Waals surface area (Å²) in [4.78, 5) is 34.6. The van der Waals surface area contributed by atoms with Crippen molar-refractivity contribution in [1.29, 1.82) is 0 Å². The van der Waals surface area contributed by atoms with Crippen LogP contribution in [0.3, 0.4) is 0 Å². The molecule has 4 heterocycles. The van der Waals surface area contributed by atoms with Gasteiger partial charge in [-0.3, -0.25) is 9.48 Å². The highest BCUT2D eigenvalue weighted by Gasteiger charge is 2.29. The van der Waals surface area contributed by atoms with Gasteiger partial charge < -0.3 is 19.8 Å². The van der Waals surface area contributed by atoms with E-state index in [1.165, 1.54) is 17.8 Å². The lowest BCUT2D eigenvalue weighted by Crippen LogP contribution is -2.32. The van der Waals surface area contributed by atoms with Crippen LogP contribution < -0.4 is 5.32 Å². The Hall–Kier alpha value is -4.28. The number of aromatic nitrogens is 5. The molecule has 1 aliphatic heterocycles. The van der Waals surface area contributed by atoms with Crippen molar-refractivity contribution in [2.75, 3.05) is 18.4 Å². The van der Waals surface area contributed by atoms with Crippen molar-refractivity contribution in [3.63, 3.8) is 0 Å². The predicted molar refractivity (Wildman–Crippen MR) is 118 cm³/mol. The van der Waals surface area contributed by atoms with Crippen LogP contribution in [0, 0.1) is 6.92 Å². The molecule has 1 atom stereocenters. The fourth-order valence-electron chi connectivity index (χ4n) is 4.03. The highest BCUT2D eigenvalue weighted by Crippen LogP contribution is 2.28. The van der Waals surface area contributed by atoms with E-state index in [9.17, 15) is 14.7 Å². The molecular formula is C22H21N7O4. The lowest BCUT2D eigenvalue weighted by molar-refractivity contribution is 0.0684. The van der Waals surface area contributed by atoms with E-state index in [-0.39, 0.29) is 23.3 Å². The highest BCUT2D eigenvalue weighted by molar-refractivity contribution is 5.96. The highest BCUT2D eigenvalue weighted by atomic mass is 16.5. The number of hydrogen-bond acceptors (Lipinski definition) is 8. The molecule has 1 amide bonds. The third kappa shape index (κ3) is 3.88. The topological polar surface area (TPSA) is 139 Å². The number of amides is 1. The molecule has 4 aromatic rings. The molecule has 1 aromatic carbocycles. The second-order valence-corrected chi connectivity index (χ2v) is 7.96. The van der Waals surface area contributed by atoms with E-state index in [4.69, 9.17) is 4.52 Å². The number of benzene rings is 1. The van der Waals surface area contributed by atoms with E-state index in [1.807, 2.05) is 24.3 Å². The molecule has 5 rings (SSSR count). The van der Waals surface area contributed by atoms with Crippen molar-refractivity contribution in [2.24, 2.45) is 7.05 Å². The number of nitrogens with zero attached hydrogens (tertiary/aromatic N) is 6. The molecule has 1 unspecified atom stereocenters. The van der Waals surface area contributed by atoms with Gasteiger partial charge in [0.1, 0.15) is 11.5 Å². The first-order chi connectivity index (χ1) is 15.9. The van der Waals surface area contributed by atoms with Crippen LogP contribution >= 0.6 is 0 Å². The van der Waals surface area contributed by atoms with E-state index >= 15 is 0 Å². The van der Waals surface area contributed by atoms with Gasteiger partial charge in [-0.2, -0.15) is 10.1 Å². The van der Waals surface area contributed by atoms with Crippen LogP contribution in [0.1, 0.15) is 33.3 Å². The number of likely N-dealkylation sites (tertiary alicyclic amines) is 1. The molecular weight excluding hydrogens is 426 g/mol. The van der Waals surface area contributed by atoms with Gasteiger partial charge in [0.2, 0.25) is 11.7 Å². The van der Waals surface area contributed by atoms with E-state index in [0.29, 0.717) is 30.6 Å². The Kier molecular flexibility index (Phi) is 5.00. The summed E-state index contributed by atoms with van der Waals surface area (Å²) in [6.07, 6.45) is 2.47. The fourth-order valence-corrected chi connectivity index (χ4v) is 4.03. The van der Waals surface area contributed by atoms with Gasteiger partial charge in [-0.15, -0.1) is 0 Å². The summed E-state index contributed by atoms with van der Waals surface area (Å²) in [5.74, 6) is 0.303. The number of aryl methyl sites for hydroxylation is 2. The molecule has 33 heavy (non-hydrogen) atoms. The SMILES string of the molecule is Cc1nc(-c2ccc3ccnc(NC4CCN(C(=O)c5cc(C(=O)O)n(C)n5)C4)c3c2)no1. The van der Waals surface area contributed by atoms with Gasteiger partial charge >= 0.3 is 5.97 Å². The number of carboxylic acids is 1. The average Bonchev–Trinajstić information content (AvgIpc) is 3.53. The number of hydrogen-bond donors (Lipinski definition) is 2. The third-order valence-corrected chi connectivity index (χ3v) is 5.69. The number of pyridine rings is 1. The Bertz CT molecular complexity index is 1380. The lowest BCUT2D eigenvalue weighted by Gasteiger charge is -2.17. The minimum atomic E-state index is -1.12. The number of nitrogens with one attached hydrogen (secondary N) is 1. The van der Waals surface area contributed by atoms with Crippen LogP contribution in [0.25, 0.3) is 22.2 Å². The number of carbonyl (C=O) groups excluding carboxylic acids is 1. The summed E-state index contributed by atoms with van der Waals surface area (Å²) >= 11 is 0. The molecule has 0 aliphatic carbocycles. The molecule has 168 valence electrons. The van der Waals surface area contributed by atoms with Gasteiger partial charge in [-0.05, 0) is 23.9 Å². The van der Waals surface area contributed by atoms with Gasteiger partial charge in [-0.1, -0.05) is 17.3 Å². The Morgan fingerprint density at radius 2 is 2.09 bits per heavy atom. The number of carbonyl (C=O) groups is 2. The molecule has 0 radical (unpaired) electrons. The maximum Gasteiger partial charge on any atom is 0.354 e. The molecule has 1 saturated heterocycles. The zero-order valence-electron chi connectivity index (χ0n) is 18.0. The molecule has 0 bridgehead atoms. The predicted octanol–water partition coefficient (Wildman–Crippen LogP) is 2.35. The van der Waals surface area contributed by atoms with Crippen LogP contribution in [-0.2, 0) is 7.05 Å². The van der Waals surface area contributed by atoms with Crippen molar-refractivity contribution in [3.8, 4) is 11.4 Å². The number of carboxylic acid groups (broad SMARTS) is 1. The summed E-state index contributed by atoms with van der Waals surface area (Å²) in [5, 5.41) is 22.6. The van der Waals surface area contributed by atoms with Crippen LogP contribution in [0.5, 0.6) is 0 Å². The van der Waals surface area contributed by atoms with Crippen LogP contribution in [0.2, 0.25) is 0 Å². The molecule has 0 saturated carbocycles. The Labute approximate surface area is 188 Å². The van der Waals surface area contributed by atoms with Crippen molar-refractivity contribution in [2.45, 2.75) is 19.4 Å². The van der Waals surface area contributed by atoms with Crippen molar-refractivity contribution >= 4 is 28.5 Å². The van der Waals surface area contributed by atoms with Crippen LogP contribution in [-0.4, -0.2) is 65.9 Å². The van der Waals surface area contributed by atoms with Crippen LogP contribution in [0.15, 0.2) is 41.1 Å². The van der Waals surface area contributed by atoms with Gasteiger partial charge in [0.25, 0.3) is 5.91 Å². The number of rotatable bonds is 5. The molecule has 11 nitrogen and oxygen atoms in total. The van der Waals surface area contributed by atoms with Crippen LogP contribution in [0.4, 0.5) is 5.82 Å². The zero-order valence-corrected chi connectivity index (χ0v) is 18.0. The van der Waals surface area contributed by atoms with Gasteiger partial charge in [0.05, 0.1) is 0 Å². The molecule has 0 spiro atoms. The van der Waals surface area contributed by atoms with E-state index < -0.39 is 5.97 Å². The van der Waals surface area contributed by atoms with E-state index in [0.717, 1.165) is 22.8 Å². The quantitative estimate of drug-likeness (QED) is 0.472. The standard InChI is InChI=1S/C22H21N7O4/c1-12-24-19(27-33-12)14-4-3-13-5-7-23-20(16(13)9-14)25-15-6-8-29(11-15)21(30)17-10-18(22(31)32)28(2)26-17/h3-5,7,9-10,15H,6,8,11H2,1-2H3,(H,23,25)(H,31,32). The van der Waals surface area contributed by atoms with Crippen molar-refractivity contribution in [3.05, 3.63) is 53.8 Å². The third-order valence-electron chi connectivity index (χ3n) is 5.69. The normalized spacial score (nSPS) is 15.8. The maximum atomic E-state index is 12.8.